The summed E-state index contributed by atoms with van der Waals surface area (Å²) >= 11 is 5.62. The van der Waals surface area contributed by atoms with Crippen LogP contribution in [0.5, 0.6) is 0 Å². The van der Waals surface area contributed by atoms with Gasteiger partial charge in [0, 0.05) is 6.04 Å². The Morgan fingerprint density at radius 2 is 2.00 bits per heavy atom. The summed E-state index contributed by atoms with van der Waals surface area (Å²) in [6, 6.07) is 7.18. The van der Waals surface area contributed by atoms with Crippen molar-refractivity contribution in [2.24, 2.45) is 11.8 Å². The molecule has 1 fully saturated rings. The number of hydrogen-bond acceptors (Lipinski definition) is 1. The minimum absolute atomic E-state index is 0.563. The van der Waals surface area contributed by atoms with Crippen molar-refractivity contribution in [3.05, 3.63) is 28.5 Å². The highest BCUT2D eigenvalue weighted by Crippen LogP contribution is 2.40. The summed E-state index contributed by atoms with van der Waals surface area (Å²) in [7, 11) is 0. The molecule has 1 heterocycles. The zero-order valence-corrected chi connectivity index (χ0v) is 13.5. The molecular formula is C17H24N2S. The molecule has 1 aliphatic carbocycles. The third kappa shape index (κ3) is 2.32. The Kier molecular flexibility index (Phi) is 3.72. The van der Waals surface area contributed by atoms with Gasteiger partial charge in [0.15, 0.2) is 4.77 Å². The van der Waals surface area contributed by atoms with E-state index >= 15 is 0 Å². The van der Waals surface area contributed by atoms with Crippen LogP contribution in [-0.4, -0.2) is 9.55 Å². The van der Waals surface area contributed by atoms with Crippen molar-refractivity contribution in [1.82, 2.24) is 9.55 Å². The molecular weight excluding hydrogens is 264 g/mol. The first kappa shape index (κ1) is 13.9. The Bertz CT molecular complexity index is 665. The van der Waals surface area contributed by atoms with Gasteiger partial charge in [-0.15, -0.1) is 0 Å². The molecule has 0 amide bonds. The normalized spacial score (nSPS) is 23.6. The molecule has 1 saturated carbocycles. The Morgan fingerprint density at radius 1 is 1.25 bits per heavy atom. The van der Waals surface area contributed by atoms with Gasteiger partial charge in [0.25, 0.3) is 0 Å². The van der Waals surface area contributed by atoms with E-state index in [1.54, 1.807) is 0 Å². The number of aryl methyl sites for hydroxylation is 1. The summed E-state index contributed by atoms with van der Waals surface area (Å²) in [4.78, 5) is 3.40. The molecule has 108 valence electrons. The molecule has 3 rings (SSSR count). The Balaban J connectivity index is 2.12. The second-order valence-corrected chi connectivity index (χ2v) is 6.97. The van der Waals surface area contributed by atoms with Gasteiger partial charge in [-0.3, -0.25) is 0 Å². The van der Waals surface area contributed by atoms with Crippen molar-refractivity contribution >= 4 is 23.3 Å². The number of aromatic amines is 1. The van der Waals surface area contributed by atoms with Crippen LogP contribution in [0.15, 0.2) is 18.2 Å². The third-order valence-corrected chi connectivity index (χ3v) is 5.14. The van der Waals surface area contributed by atoms with Crippen molar-refractivity contribution in [3.63, 3.8) is 0 Å². The summed E-state index contributed by atoms with van der Waals surface area (Å²) in [5, 5.41) is 0. The lowest BCUT2D eigenvalue weighted by molar-refractivity contribution is 0.186. The smallest absolute Gasteiger partial charge is 0.178 e. The summed E-state index contributed by atoms with van der Waals surface area (Å²) in [5.74, 6) is 1.47. The second-order valence-electron chi connectivity index (χ2n) is 6.58. The molecule has 1 aliphatic rings. The van der Waals surface area contributed by atoms with Gasteiger partial charge >= 0.3 is 0 Å². The SMILES string of the molecule is Cc1ccc2c(c1)[nH]c(=S)n2C1CCCCC1C(C)C. The molecule has 3 heteroatoms. The van der Waals surface area contributed by atoms with Crippen LogP contribution in [0.2, 0.25) is 0 Å². The molecule has 2 unspecified atom stereocenters. The van der Waals surface area contributed by atoms with Crippen LogP contribution < -0.4 is 0 Å². The van der Waals surface area contributed by atoms with E-state index in [1.807, 2.05) is 0 Å². The summed E-state index contributed by atoms with van der Waals surface area (Å²) in [5.41, 5.74) is 3.74. The molecule has 1 aromatic carbocycles. The van der Waals surface area contributed by atoms with Crippen molar-refractivity contribution in [2.45, 2.75) is 52.5 Å². The summed E-state index contributed by atoms with van der Waals surface area (Å²) in [6.07, 6.45) is 5.29. The van der Waals surface area contributed by atoms with E-state index in [2.05, 4.69) is 48.5 Å². The van der Waals surface area contributed by atoms with Gasteiger partial charge in [0.2, 0.25) is 0 Å². The van der Waals surface area contributed by atoms with Crippen LogP contribution in [0.3, 0.4) is 0 Å². The van der Waals surface area contributed by atoms with Crippen LogP contribution in [0, 0.1) is 23.5 Å². The zero-order valence-electron chi connectivity index (χ0n) is 12.6. The van der Waals surface area contributed by atoms with Crippen LogP contribution >= 0.6 is 12.2 Å². The van der Waals surface area contributed by atoms with Gasteiger partial charge in [-0.25, -0.2) is 0 Å². The summed E-state index contributed by atoms with van der Waals surface area (Å²) in [6.45, 7) is 6.84. The predicted molar refractivity (Wildman–Crippen MR) is 87.7 cm³/mol. The standard InChI is InChI=1S/C17H24N2S/c1-11(2)13-6-4-5-7-15(13)19-16-9-8-12(3)10-14(16)18-17(19)20/h8-11,13,15H,4-7H2,1-3H3,(H,18,20). The van der Waals surface area contributed by atoms with E-state index in [0.29, 0.717) is 6.04 Å². The van der Waals surface area contributed by atoms with E-state index < -0.39 is 0 Å². The topological polar surface area (TPSA) is 20.7 Å². The molecule has 1 aromatic heterocycles. The maximum absolute atomic E-state index is 5.62. The molecule has 0 saturated heterocycles. The van der Waals surface area contributed by atoms with Gasteiger partial charge in [-0.2, -0.15) is 0 Å². The van der Waals surface area contributed by atoms with E-state index in [0.717, 1.165) is 16.6 Å². The van der Waals surface area contributed by atoms with Gasteiger partial charge in [0.05, 0.1) is 11.0 Å². The number of imidazole rings is 1. The fourth-order valence-corrected chi connectivity index (χ4v) is 4.16. The monoisotopic (exact) mass is 288 g/mol. The van der Waals surface area contributed by atoms with Gasteiger partial charge in [0.1, 0.15) is 0 Å². The van der Waals surface area contributed by atoms with E-state index in [9.17, 15) is 0 Å². The van der Waals surface area contributed by atoms with Crippen LogP contribution in [-0.2, 0) is 0 Å². The molecule has 2 nitrogen and oxygen atoms in total. The maximum atomic E-state index is 5.62. The number of rotatable bonds is 2. The quantitative estimate of drug-likeness (QED) is 0.734. The van der Waals surface area contributed by atoms with Crippen LogP contribution in [0.25, 0.3) is 11.0 Å². The number of aromatic nitrogens is 2. The molecule has 2 atom stereocenters. The zero-order chi connectivity index (χ0) is 14.3. The first-order chi connectivity index (χ1) is 9.58. The molecule has 2 aromatic rings. The number of fused-ring (bicyclic) bond motifs is 1. The molecule has 1 N–H and O–H groups in total. The van der Waals surface area contributed by atoms with Gasteiger partial charge in [-0.1, -0.05) is 32.8 Å². The largest absolute Gasteiger partial charge is 0.331 e. The summed E-state index contributed by atoms with van der Waals surface area (Å²) < 4.78 is 3.29. The molecule has 20 heavy (non-hydrogen) atoms. The minimum Gasteiger partial charge on any atom is -0.331 e. The van der Waals surface area contributed by atoms with Gasteiger partial charge in [-0.05, 0) is 61.5 Å². The lowest BCUT2D eigenvalue weighted by atomic mass is 9.77. The molecule has 0 spiro atoms. The predicted octanol–water partition coefficient (Wildman–Crippen LogP) is 5.39. The number of nitrogens with one attached hydrogen (secondary N) is 1. The van der Waals surface area contributed by atoms with Crippen molar-refractivity contribution < 1.29 is 0 Å². The fraction of sp³-hybridized carbons (Fsp3) is 0.588. The average Bonchev–Trinajstić information content (AvgIpc) is 2.73. The molecule has 0 radical (unpaired) electrons. The highest BCUT2D eigenvalue weighted by atomic mass is 32.1. The highest BCUT2D eigenvalue weighted by molar-refractivity contribution is 7.71. The number of hydrogen-bond donors (Lipinski definition) is 1. The first-order valence-corrected chi connectivity index (χ1v) is 8.19. The number of H-pyrrole nitrogens is 1. The van der Waals surface area contributed by atoms with Crippen molar-refractivity contribution in [1.29, 1.82) is 0 Å². The lowest BCUT2D eigenvalue weighted by Gasteiger charge is -2.35. The fourth-order valence-electron chi connectivity index (χ4n) is 3.81. The Hall–Kier alpha value is -1.09. The highest BCUT2D eigenvalue weighted by Gasteiger charge is 2.30. The van der Waals surface area contributed by atoms with E-state index in [-0.39, 0.29) is 0 Å². The minimum atomic E-state index is 0.563. The van der Waals surface area contributed by atoms with Crippen LogP contribution in [0.4, 0.5) is 0 Å². The third-order valence-electron chi connectivity index (χ3n) is 4.84. The average molecular weight is 288 g/mol. The lowest BCUT2D eigenvalue weighted by Crippen LogP contribution is -2.27. The van der Waals surface area contributed by atoms with Crippen molar-refractivity contribution in [2.75, 3.05) is 0 Å². The second kappa shape index (κ2) is 5.36. The number of benzene rings is 1. The Morgan fingerprint density at radius 3 is 2.75 bits per heavy atom. The Labute approximate surface area is 126 Å². The first-order valence-electron chi connectivity index (χ1n) is 7.79. The van der Waals surface area contributed by atoms with E-state index in [4.69, 9.17) is 12.2 Å². The molecule has 0 aliphatic heterocycles. The molecule has 0 bridgehead atoms. The van der Waals surface area contributed by atoms with Gasteiger partial charge < -0.3 is 9.55 Å². The van der Waals surface area contributed by atoms with Crippen molar-refractivity contribution in [3.8, 4) is 0 Å². The maximum Gasteiger partial charge on any atom is 0.178 e. The number of nitrogens with zero attached hydrogens (tertiary/aromatic N) is 1. The van der Waals surface area contributed by atoms with E-state index in [1.165, 1.54) is 42.3 Å². The van der Waals surface area contributed by atoms with Crippen LogP contribution in [0.1, 0.15) is 51.1 Å².